The molecule has 3 rings (SSSR count). The van der Waals surface area contributed by atoms with Gasteiger partial charge in [-0.05, 0) is 32.9 Å². The van der Waals surface area contributed by atoms with E-state index in [0.29, 0.717) is 36.2 Å². The molecule has 1 aliphatic rings. The van der Waals surface area contributed by atoms with Crippen molar-refractivity contribution in [3.63, 3.8) is 0 Å². The van der Waals surface area contributed by atoms with Gasteiger partial charge in [0, 0.05) is 18.1 Å². The lowest BCUT2D eigenvalue weighted by atomic mass is 10.0. The number of ether oxygens (including phenoxy) is 3. The van der Waals surface area contributed by atoms with Crippen LogP contribution in [-0.2, 0) is 6.42 Å². The maximum Gasteiger partial charge on any atom is 0.262 e. The van der Waals surface area contributed by atoms with Crippen LogP contribution in [0.4, 0.5) is 5.82 Å². The second-order valence-corrected chi connectivity index (χ2v) is 6.30. The van der Waals surface area contributed by atoms with Crippen LogP contribution in [0.15, 0.2) is 24.3 Å². The smallest absolute Gasteiger partial charge is 0.262 e. The minimum Gasteiger partial charge on any atom is -0.481 e. The number of aromatic nitrogens is 2. The van der Waals surface area contributed by atoms with Gasteiger partial charge in [0.05, 0.1) is 13.7 Å². The summed E-state index contributed by atoms with van der Waals surface area (Å²) in [5.41, 5.74) is 0.895. The van der Waals surface area contributed by atoms with Crippen LogP contribution < -0.4 is 19.5 Å². The highest BCUT2D eigenvalue weighted by molar-refractivity contribution is 6.05. The fourth-order valence-corrected chi connectivity index (χ4v) is 2.68. The molecule has 7 nitrogen and oxygen atoms in total. The Bertz CT molecular complexity index is 805. The normalized spacial score (nSPS) is 14.4. The van der Waals surface area contributed by atoms with Crippen molar-refractivity contribution in [3.8, 4) is 17.6 Å². The molecule has 0 aliphatic carbocycles. The average molecular weight is 343 g/mol. The number of amides is 1. The summed E-state index contributed by atoms with van der Waals surface area (Å²) in [5.74, 6) is 1.24. The average Bonchev–Trinajstić information content (AvgIpc) is 2.87. The highest BCUT2D eigenvalue weighted by Gasteiger charge is 2.33. The van der Waals surface area contributed by atoms with Crippen molar-refractivity contribution in [1.82, 2.24) is 9.97 Å². The van der Waals surface area contributed by atoms with Gasteiger partial charge in [-0.2, -0.15) is 9.97 Å². The van der Waals surface area contributed by atoms with Gasteiger partial charge < -0.3 is 19.5 Å². The van der Waals surface area contributed by atoms with Crippen molar-refractivity contribution in [1.29, 1.82) is 0 Å². The van der Waals surface area contributed by atoms with Crippen LogP contribution in [-0.4, -0.2) is 35.2 Å². The third kappa shape index (κ3) is 3.65. The first-order chi connectivity index (χ1) is 11.9. The number of rotatable bonds is 5. The maximum atomic E-state index is 12.7. The van der Waals surface area contributed by atoms with Crippen molar-refractivity contribution < 1.29 is 19.0 Å². The van der Waals surface area contributed by atoms with Gasteiger partial charge in [-0.1, -0.05) is 6.07 Å². The van der Waals surface area contributed by atoms with Gasteiger partial charge in [0.25, 0.3) is 5.91 Å². The van der Waals surface area contributed by atoms with Crippen LogP contribution in [0.3, 0.4) is 0 Å². The molecule has 0 aromatic carbocycles. The zero-order valence-electron chi connectivity index (χ0n) is 14.8. The number of hydrogen-bond acceptors (Lipinski definition) is 6. The van der Waals surface area contributed by atoms with Gasteiger partial charge in [-0.15, -0.1) is 0 Å². The number of methoxy groups -OCH3 is 1. The summed E-state index contributed by atoms with van der Waals surface area (Å²) in [7, 11) is 1.52. The van der Waals surface area contributed by atoms with E-state index in [9.17, 15) is 4.79 Å². The van der Waals surface area contributed by atoms with Gasteiger partial charge in [0.1, 0.15) is 17.0 Å². The van der Waals surface area contributed by atoms with E-state index in [2.05, 4.69) is 15.3 Å². The molecule has 0 saturated carbocycles. The first kappa shape index (κ1) is 17.0. The first-order valence-electron chi connectivity index (χ1n) is 8.10. The Hall–Kier alpha value is -2.83. The van der Waals surface area contributed by atoms with Crippen molar-refractivity contribution >= 4 is 11.7 Å². The van der Waals surface area contributed by atoms with E-state index in [1.807, 2.05) is 20.8 Å². The van der Waals surface area contributed by atoms with Gasteiger partial charge in [0.2, 0.25) is 17.6 Å². The number of hydrogen-bond donors (Lipinski definition) is 1. The van der Waals surface area contributed by atoms with Crippen LogP contribution in [0.1, 0.15) is 36.7 Å². The van der Waals surface area contributed by atoms with E-state index in [0.717, 1.165) is 5.56 Å². The van der Waals surface area contributed by atoms with E-state index < -0.39 is 0 Å². The van der Waals surface area contributed by atoms with Crippen LogP contribution in [0, 0.1) is 0 Å². The molecule has 2 aromatic rings. The Morgan fingerprint density at radius 1 is 1.36 bits per heavy atom. The predicted octanol–water partition coefficient (Wildman–Crippen LogP) is 2.85. The predicted molar refractivity (Wildman–Crippen MR) is 92.6 cm³/mol. The minimum absolute atomic E-state index is 0.249. The molecule has 0 radical (unpaired) electrons. The zero-order chi connectivity index (χ0) is 18.0. The molecule has 132 valence electrons. The van der Waals surface area contributed by atoms with Crippen molar-refractivity contribution in [2.45, 2.75) is 32.8 Å². The van der Waals surface area contributed by atoms with Crippen molar-refractivity contribution in [2.75, 3.05) is 19.0 Å². The molecule has 0 bridgehead atoms. The molecule has 1 N–H and O–H groups in total. The SMILES string of the molecule is CCOc1nc2c(cc1C(=O)Nc1cccc(OC)n1)CC(C)(C)O2. The van der Waals surface area contributed by atoms with E-state index >= 15 is 0 Å². The van der Waals surface area contributed by atoms with Crippen LogP contribution in [0.2, 0.25) is 0 Å². The Kier molecular flexibility index (Phi) is 4.48. The highest BCUT2D eigenvalue weighted by Crippen LogP contribution is 2.36. The lowest BCUT2D eigenvalue weighted by Gasteiger charge is -2.16. The topological polar surface area (TPSA) is 82.6 Å². The summed E-state index contributed by atoms with van der Waals surface area (Å²) in [4.78, 5) is 21.3. The highest BCUT2D eigenvalue weighted by atomic mass is 16.5. The van der Waals surface area contributed by atoms with Gasteiger partial charge in [-0.25, -0.2) is 0 Å². The Balaban J connectivity index is 1.91. The lowest BCUT2D eigenvalue weighted by Crippen LogP contribution is -2.24. The number of nitrogens with one attached hydrogen (secondary N) is 1. The molecule has 25 heavy (non-hydrogen) atoms. The van der Waals surface area contributed by atoms with E-state index in [1.165, 1.54) is 7.11 Å². The summed E-state index contributed by atoms with van der Waals surface area (Å²) in [5, 5.41) is 2.75. The number of carbonyl (C=O) groups is 1. The lowest BCUT2D eigenvalue weighted by molar-refractivity contribution is 0.102. The standard InChI is InChI=1S/C18H21N3O4/c1-5-24-17-12(9-11-10-18(2,3)25-16(11)21-17)15(22)20-13-7-6-8-14(19-13)23-4/h6-9H,5,10H2,1-4H3,(H,19,20,22). The molecule has 1 aliphatic heterocycles. The quantitative estimate of drug-likeness (QED) is 0.899. The zero-order valence-corrected chi connectivity index (χ0v) is 14.8. The van der Waals surface area contributed by atoms with E-state index in [-0.39, 0.29) is 17.4 Å². The third-order valence-corrected chi connectivity index (χ3v) is 3.72. The monoisotopic (exact) mass is 343 g/mol. The molecule has 0 unspecified atom stereocenters. The number of nitrogens with zero attached hydrogens (tertiary/aromatic N) is 2. The minimum atomic E-state index is -0.345. The molecule has 0 spiro atoms. The van der Waals surface area contributed by atoms with Crippen LogP contribution >= 0.6 is 0 Å². The summed E-state index contributed by atoms with van der Waals surface area (Å²) in [6.07, 6.45) is 0.680. The molecule has 3 heterocycles. The molecule has 1 amide bonds. The Labute approximate surface area is 146 Å². The summed E-state index contributed by atoms with van der Waals surface area (Å²) < 4.78 is 16.4. The molecule has 0 fully saturated rings. The third-order valence-electron chi connectivity index (χ3n) is 3.72. The largest absolute Gasteiger partial charge is 0.481 e. The Morgan fingerprint density at radius 2 is 2.16 bits per heavy atom. The van der Waals surface area contributed by atoms with Gasteiger partial charge in [0.15, 0.2) is 0 Å². The van der Waals surface area contributed by atoms with E-state index in [1.54, 1.807) is 24.3 Å². The molecular formula is C18H21N3O4. The number of fused-ring (bicyclic) bond motifs is 1. The van der Waals surface area contributed by atoms with Gasteiger partial charge in [-0.3, -0.25) is 4.79 Å². The molecular weight excluding hydrogens is 322 g/mol. The van der Waals surface area contributed by atoms with Crippen molar-refractivity contribution in [3.05, 3.63) is 35.4 Å². The summed E-state index contributed by atoms with van der Waals surface area (Å²) in [6.45, 7) is 6.20. The van der Waals surface area contributed by atoms with Crippen LogP contribution in [0.5, 0.6) is 17.6 Å². The molecule has 0 saturated heterocycles. The summed E-state index contributed by atoms with van der Waals surface area (Å²) >= 11 is 0. The van der Waals surface area contributed by atoms with Gasteiger partial charge >= 0.3 is 0 Å². The fourth-order valence-electron chi connectivity index (χ4n) is 2.68. The molecule has 0 atom stereocenters. The number of carbonyl (C=O) groups excluding carboxylic acids is 1. The van der Waals surface area contributed by atoms with Crippen molar-refractivity contribution in [2.24, 2.45) is 0 Å². The first-order valence-corrected chi connectivity index (χ1v) is 8.10. The van der Waals surface area contributed by atoms with Crippen LogP contribution in [0.25, 0.3) is 0 Å². The van der Waals surface area contributed by atoms with E-state index in [4.69, 9.17) is 14.2 Å². The molecule has 2 aromatic heterocycles. The number of pyridine rings is 2. The second kappa shape index (κ2) is 6.58. The molecule has 7 heteroatoms. The fraction of sp³-hybridized carbons (Fsp3) is 0.389. The second-order valence-electron chi connectivity index (χ2n) is 6.30. The summed E-state index contributed by atoms with van der Waals surface area (Å²) in [6, 6.07) is 6.92. The number of anilines is 1. The maximum absolute atomic E-state index is 12.7. The Morgan fingerprint density at radius 3 is 2.88 bits per heavy atom.